The van der Waals surface area contributed by atoms with Crippen molar-refractivity contribution in [1.82, 2.24) is 10.3 Å². The largest absolute Gasteiger partial charge is 0.364 e. The number of hydrogen-bond acceptors (Lipinski definition) is 4. The lowest BCUT2D eigenvalue weighted by molar-refractivity contribution is -0.389. The predicted octanol–water partition coefficient (Wildman–Crippen LogP) is 2.67. The van der Waals surface area contributed by atoms with E-state index < -0.39 is 4.92 Å². The van der Waals surface area contributed by atoms with Gasteiger partial charge in [-0.3, -0.25) is 4.79 Å². The normalized spacial score (nSPS) is 20.9. The van der Waals surface area contributed by atoms with Crippen molar-refractivity contribution in [1.29, 1.82) is 0 Å². The van der Waals surface area contributed by atoms with Crippen LogP contribution in [0.15, 0.2) is 16.7 Å². The average Bonchev–Trinajstić information content (AvgIpc) is 3.07. The molecule has 1 aliphatic carbocycles. The van der Waals surface area contributed by atoms with E-state index in [4.69, 9.17) is 0 Å². The standard InChI is InChI=1S/C12H14BrN3O3/c1-2-3-7-4-10(7)15-12(17)8-5-11(16(18)19)14-6-9(8)13/h5-7,10H,2-4H2,1H3,(H,15,17). The first-order valence-electron chi connectivity index (χ1n) is 6.13. The molecule has 0 radical (unpaired) electrons. The number of nitro groups is 1. The topological polar surface area (TPSA) is 85.1 Å². The minimum atomic E-state index is -0.611. The number of carbonyl (C=O) groups excluding carboxylic acids is 1. The third-order valence-corrected chi connectivity index (χ3v) is 3.80. The van der Waals surface area contributed by atoms with Crippen LogP contribution in [0.3, 0.4) is 0 Å². The Morgan fingerprint density at radius 1 is 1.68 bits per heavy atom. The van der Waals surface area contributed by atoms with Crippen LogP contribution in [0.4, 0.5) is 5.82 Å². The monoisotopic (exact) mass is 327 g/mol. The molecule has 6 nitrogen and oxygen atoms in total. The molecule has 0 spiro atoms. The summed E-state index contributed by atoms with van der Waals surface area (Å²) in [6.07, 6.45) is 4.47. The lowest BCUT2D eigenvalue weighted by atomic mass is 10.2. The van der Waals surface area contributed by atoms with Gasteiger partial charge in [0.1, 0.15) is 0 Å². The Bertz CT molecular complexity index is 521. The van der Waals surface area contributed by atoms with Crippen LogP contribution in [0.5, 0.6) is 0 Å². The molecule has 0 saturated heterocycles. The molecule has 2 unspecified atom stereocenters. The van der Waals surface area contributed by atoms with E-state index in [0.29, 0.717) is 10.4 Å². The van der Waals surface area contributed by atoms with Crippen molar-refractivity contribution >= 4 is 27.7 Å². The third-order valence-electron chi connectivity index (χ3n) is 3.17. The molecular formula is C12H14BrN3O3. The molecule has 7 heteroatoms. The summed E-state index contributed by atoms with van der Waals surface area (Å²) < 4.78 is 0.461. The van der Waals surface area contributed by atoms with Crippen molar-refractivity contribution < 1.29 is 9.72 Å². The summed E-state index contributed by atoms with van der Waals surface area (Å²) >= 11 is 3.19. The van der Waals surface area contributed by atoms with Gasteiger partial charge < -0.3 is 15.4 Å². The van der Waals surface area contributed by atoms with Crippen molar-refractivity contribution in [3.8, 4) is 0 Å². The van der Waals surface area contributed by atoms with Gasteiger partial charge >= 0.3 is 5.82 Å². The van der Waals surface area contributed by atoms with Crippen molar-refractivity contribution in [3.05, 3.63) is 32.4 Å². The van der Waals surface area contributed by atoms with Crippen molar-refractivity contribution in [2.75, 3.05) is 0 Å². The summed E-state index contributed by atoms with van der Waals surface area (Å²) in [6, 6.07) is 1.39. The second-order valence-corrected chi connectivity index (χ2v) is 5.50. The van der Waals surface area contributed by atoms with Crippen LogP contribution in [0.2, 0.25) is 0 Å². The Morgan fingerprint density at radius 3 is 3.05 bits per heavy atom. The van der Waals surface area contributed by atoms with Crippen LogP contribution in [0, 0.1) is 16.0 Å². The Balaban J connectivity index is 2.07. The summed E-state index contributed by atoms with van der Waals surface area (Å²) in [4.78, 5) is 25.7. The fourth-order valence-electron chi connectivity index (χ4n) is 2.06. The molecule has 1 heterocycles. The zero-order valence-corrected chi connectivity index (χ0v) is 12.0. The van der Waals surface area contributed by atoms with Crippen molar-refractivity contribution in [2.24, 2.45) is 5.92 Å². The van der Waals surface area contributed by atoms with Crippen LogP contribution in [-0.2, 0) is 0 Å². The van der Waals surface area contributed by atoms with Gasteiger partial charge in [0, 0.05) is 12.1 Å². The maximum Gasteiger partial charge on any atom is 0.364 e. The van der Waals surface area contributed by atoms with Crippen LogP contribution in [-0.4, -0.2) is 21.9 Å². The minimum absolute atomic E-state index is 0.201. The Hall–Kier alpha value is -1.50. The van der Waals surface area contributed by atoms with E-state index in [1.165, 1.54) is 12.3 Å². The van der Waals surface area contributed by atoms with Gasteiger partial charge in [-0.25, -0.2) is 0 Å². The molecule has 102 valence electrons. The highest BCUT2D eigenvalue weighted by Crippen LogP contribution is 2.35. The van der Waals surface area contributed by atoms with Crippen LogP contribution in [0.25, 0.3) is 0 Å². The smallest absolute Gasteiger partial charge is 0.358 e. The highest BCUT2D eigenvalue weighted by Gasteiger charge is 2.37. The van der Waals surface area contributed by atoms with Crippen molar-refractivity contribution in [3.63, 3.8) is 0 Å². The number of hydrogen-bond donors (Lipinski definition) is 1. The zero-order valence-electron chi connectivity index (χ0n) is 10.4. The molecule has 2 rings (SSSR count). The summed E-state index contributed by atoms with van der Waals surface area (Å²) in [5.41, 5.74) is 0.254. The zero-order chi connectivity index (χ0) is 14.0. The number of halogens is 1. The first-order valence-corrected chi connectivity index (χ1v) is 6.93. The number of amides is 1. The Morgan fingerprint density at radius 2 is 2.42 bits per heavy atom. The van der Waals surface area contributed by atoms with Crippen LogP contribution >= 0.6 is 15.9 Å². The van der Waals surface area contributed by atoms with Gasteiger partial charge in [0.25, 0.3) is 5.91 Å². The molecule has 0 aliphatic heterocycles. The van der Waals surface area contributed by atoms with E-state index in [9.17, 15) is 14.9 Å². The molecule has 1 amide bonds. The van der Waals surface area contributed by atoms with E-state index in [0.717, 1.165) is 19.3 Å². The molecule has 1 aliphatic rings. The van der Waals surface area contributed by atoms with Gasteiger partial charge in [-0.1, -0.05) is 13.3 Å². The molecule has 1 aromatic rings. The lowest BCUT2D eigenvalue weighted by Crippen LogP contribution is -2.27. The summed E-state index contributed by atoms with van der Waals surface area (Å²) in [5.74, 6) is -0.0696. The van der Waals surface area contributed by atoms with E-state index in [1.54, 1.807) is 0 Å². The van der Waals surface area contributed by atoms with Crippen molar-refractivity contribution in [2.45, 2.75) is 32.2 Å². The number of carbonyl (C=O) groups is 1. The van der Waals surface area contributed by atoms with E-state index in [1.807, 2.05) is 0 Å². The number of aromatic nitrogens is 1. The molecule has 1 aromatic heterocycles. The van der Waals surface area contributed by atoms with E-state index >= 15 is 0 Å². The maximum atomic E-state index is 12.0. The van der Waals surface area contributed by atoms with E-state index in [2.05, 4.69) is 33.2 Å². The number of nitrogens with zero attached hydrogens (tertiary/aromatic N) is 2. The van der Waals surface area contributed by atoms with Gasteiger partial charge in [-0.2, -0.15) is 0 Å². The summed E-state index contributed by atoms with van der Waals surface area (Å²) in [7, 11) is 0. The summed E-state index contributed by atoms with van der Waals surface area (Å²) in [6.45, 7) is 2.11. The molecular weight excluding hydrogens is 314 g/mol. The Labute approximate surface area is 118 Å². The summed E-state index contributed by atoms with van der Waals surface area (Å²) in [5, 5.41) is 13.5. The van der Waals surface area contributed by atoms with Crippen LogP contribution in [0.1, 0.15) is 36.5 Å². The predicted molar refractivity (Wildman–Crippen MR) is 72.9 cm³/mol. The van der Waals surface area contributed by atoms with E-state index in [-0.39, 0.29) is 23.3 Å². The molecule has 19 heavy (non-hydrogen) atoms. The average molecular weight is 328 g/mol. The first kappa shape index (κ1) is 13.9. The molecule has 1 fully saturated rings. The highest BCUT2D eigenvalue weighted by atomic mass is 79.9. The second-order valence-electron chi connectivity index (χ2n) is 4.64. The maximum absolute atomic E-state index is 12.0. The first-order chi connectivity index (χ1) is 9.02. The highest BCUT2D eigenvalue weighted by molar-refractivity contribution is 9.10. The van der Waals surface area contributed by atoms with Gasteiger partial charge in [-0.05, 0) is 44.6 Å². The van der Waals surface area contributed by atoms with Gasteiger partial charge in [0.15, 0.2) is 6.20 Å². The fourth-order valence-corrected chi connectivity index (χ4v) is 2.46. The SMILES string of the molecule is CCCC1CC1NC(=O)c1cc([N+](=O)[O-])ncc1Br. The second kappa shape index (κ2) is 5.64. The lowest BCUT2D eigenvalue weighted by Gasteiger charge is -2.05. The number of rotatable bonds is 5. The number of nitrogens with one attached hydrogen (secondary N) is 1. The quantitative estimate of drug-likeness (QED) is 0.665. The molecule has 1 saturated carbocycles. The molecule has 1 N–H and O–H groups in total. The number of pyridine rings is 1. The fraction of sp³-hybridized carbons (Fsp3) is 0.500. The Kier molecular flexibility index (Phi) is 4.14. The van der Waals surface area contributed by atoms with Gasteiger partial charge in [-0.15, -0.1) is 0 Å². The molecule has 0 bridgehead atoms. The minimum Gasteiger partial charge on any atom is -0.358 e. The third kappa shape index (κ3) is 3.28. The van der Waals surface area contributed by atoms with Crippen LogP contribution < -0.4 is 5.32 Å². The van der Waals surface area contributed by atoms with Gasteiger partial charge in [0.05, 0.1) is 10.0 Å². The molecule has 2 atom stereocenters. The molecule has 0 aromatic carbocycles. The van der Waals surface area contributed by atoms with Gasteiger partial charge in [0.2, 0.25) is 0 Å².